The van der Waals surface area contributed by atoms with Crippen LogP contribution in [0.5, 0.6) is 0 Å². The summed E-state index contributed by atoms with van der Waals surface area (Å²) in [6, 6.07) is 17.0. The van der Waals surface area contributed by atoms with Crippen LogP contribution in [0.3, 0.4) is 0 Å². The van der Waals surface area contributed by atoms with Crippen LogP contribution >= 0.6 is 31.4 Å². The fourth-order valence-corrected chi connectivity index (χ4v) is 4.90. The van der Waals surface area contributed by atoms with Crippen LogP contribution in [0.25, 0.3) is 6.08 Å². The van der Waals surface area contributed by atoms with Gasteiger partial charge in [-0.3, -0.25) is 0 Å². The predicted molar refractivity (Wildman–Crippen MR) is 93.2 cm³/mol. The third-order valence-corrected chi connectivity index (χ3v) is 6.55. The predicted octanol–water partition coefficient (Wildman–Crippen LogP) is 6.07. The molecule has 0 aliphatic carbocycles. The molecule has 2 rings (SSSR count). The maximum absolute atomic E-state index is 12.7. The van der Waals surface area contributed by atoms with Gasteiger partial charge in [-0.25, -0.2) is 4.39 Å². The molecule has 0 aliphatic rings. The zero-order chi connectivity index (χ0) is 14.0. The quantitative estimate of drug-likeness (QED) is 0.448. The lowest BCUT2D eigenvalue weighted by atomic mass is 10.2. The van der Waals surface area contributed by atoms with E-state index in [9.17, 15) is 4.39 Å². The van der Waals surface area contributed by atoms with Crippen molar-refractivity contribution in [3.63, 3.8) is 0 Å². The summed E-state index contributed by atoms with van der Waals surface area (Å²) in [4.78, 5) is 0. The van der Waals surface area contributed by atoms with Gasteiger partial charge in [0.25, 0.3) is 0 Å². The minimum atomic E-state index is -0.174. The largest absolute Gasteiger partial charge is 0.207 e. The molecule has 0 unspecified atom stereocenters. The zero-order valence-electron chi connectivity index (χ0n) is 10.9. The van der Waals surface area contributed by atoms with Crippen LogP contribution in [0.2, 0.25) is 0 Å². The van der Waals surface area contributed by atoms with Crippen LogP contribution in [0, 0.1) is 5.82 Å². The first-order chi connectivity index (χ1) is 9.84. The molecule has 0 fully saturated rings. The summed E-state index contributed by atoms with van der Waals surface area (Å²) in [7, 11) is 5.37. The van der Waals surface area contributed by atoms with E-state index in [-0.39, 0.29) is 5.82 Å². The number of hydrogen-bond donors (Lipinski definition) is 0. The molecule has 0 aliphatic heterocycles. The highest BCUT2D eigenvalue weighted by Crippen LogP contribution is 2.36. The molecule has 20 heavy (non-hydrogen) atoms. The molecule has 4 heteroatoms. The van der Waals surface area contributed by atoms with Crippen LogP contribution in [-0.2, 0) is 5.75 Å². The zero-order valence-corrected chi connectivity index (χ0v) is 13.3. The lowest BCUT2D eigenvalue weighted by molar-refractivity contribution is 0.627. The van der Waals surface area contributed by atoms with E-state index in [0.29, 0.717) is 0 Å². The van der Waals surface area contributed by atoms with Crippen LogP contribution in [-0.4, -0.2) is 5.75 Å². The molecular formula is C16H15FS3. The second kappa shape index (κ2) is 9.16. The molecule has 0 saturated carbocycles. The van der Waals surface area contributed by atoms with Gasteiger partial charge >= 0.3 is 0 Å². The Hall–Kier alpha value is -0.840. The highest BCUT2D eigenvalue weighted by molar-refractivity contribution is 9.09. The second-order valence-corrected chi connectivity index (χ2v) is 8.33. The summed E-state index contributed by atoms with van der Waals surface area (Å²) in [6.07, 6.45) is 4.31. The molecular weight excluding hydrogens is 307 g/mol. The number of benzene rings is 2. The first-order valence-corrected chi connectivity index (χ1v) is 10.0. The summed E-state index contributed by atoms with van der Waals surface area (Å²) in [5.41, 5.74) is 2.39. The Bertz CT molecular complexity index is 523. The minimum absolute atomic E-state index is 0.174. The summed E-state index contributed by atoms with van der Waals surface area (Å²) < 4.78 is 12.7. The van der Waals surface area contributed by atoms with Gasteiger partial charge in [-0.1, -0.05) is 76.2 Å². The van der Waals surface area contributed by atoms with E-state index in [4.69, 9.17) is 0 Å². The second-order valence-electron chi connectivity index (χ2n) is 4.05. The molecule has 0 saturated heterocycles. The van der Waals surface area contributed by atoms with Crippen molar-refractivity contribution in [3.8, 4) is 0 Å². The van der Waals surface area contributed by atoms with Gasteiger partial charge < -0.3 is 0 Å². The van der Waals surface area contributed by atoms with Gasteiger partial charge in [0.15, 0.2) is 0 Å². The van der Waals surface area contributed by atoms with E-state index in [1.807, 2.05) is 41.1 Å². The van der Waals surface area contributed by atoms with Gasteiger partial charge in [-0.15, -0.1) is 0 Å². The van der Waals surface area contributed by atoms with Crippen molar-refractivity contribution in [2.24, 2.45) is 0 Å². The Kier molecular flexibility index (Phi) is 7.12. The molecule has 0 spiro atoms. The normalized spacial score (nSPS) is 11.1. The van der Waals surface area contributed by atoms with Crippen molar-refractivity contribution < 1.29 is 4.39 Å². The van der Waals surface area contributed by atoms with E-state index in [1.54, 1.807) is 20.6 Å². The smallest absolute Gasteiger partial charge is 0.123 e. The molecule has 0 aromatic heterocycles. The Labute approximate surface area is 131 Å². The topological polar surface area (TPSA) is 0 Å². The highest BCUT2D eigenvalue weighted by atomic mass is 33.5. The van der Waals surface area contributed by atoms with Crippen molar-refractivity contribution in [2.45, 2.75) is 5.75 Å². The first kappa shape index (κ1) is 15.5. The SMILES string of the molecule is Fc1ccc(CSSSCC=Cc2ccccc2)cc1. The van der Waals surface area contributed by atoms with E-state index in [1.165, 1.54) is 17.7 Å². The standard InChI is InChI=1S/C16H15FS3/c17-16-10-8-15(9-11-16)13-19-20-18-12-4-7-14-5-2-1-3-6-14/h1-11H,12-13H2. The van der Waals surface area contributed by atoms with Gasteiger partial charge in [-0.2, -0.15) is 0 Å². The number of rotatable bonds is 7. The summed E-state index contributed by atoms with van der Waals surface area (Å²) >= 11 is 0. The monoisotopic (exact) mass is 322 g/mol. The molecule has 2 aromatic rings. The van der Waals surface area contributed by atoms with Crippen molar-refractivity contribution in [3.05, 3.63) is 77.6 Å². The molecule has 0 radical (unpaired) electrons. The number of halogens is 1. The molecule has 104 valence electrons. The van der Waals surface area contributed by atoms with Crippen LogP contribution < -0.4 is 0 Å². The molecule has 0 N–H and O–H groups in total. The fourth-order valence-electron chi connectivity index (χ4n) is 1.52. The molecule has 0 bridgehead atoms. The van der Waals surface area contributed by atoms with E-state index < -0.39 is 0 Å². The molecule has 0 amide bonds. The van der Waals surface area contributed by atoms with Crippen molar-refractivity contribution in [1.82, 2.24) is 0 Å². The van der Waals surface area contributed by atoms with Gasteiger partial charge in [-0.05, 0) is 33.1 Å². The molecule has 0 atom stereocenters. The lowest BCUT2D eigenvalue weighted by Gasteiger charge is -1.99. The van der Waals surface area contributed by atoms with E-state index in [2.05, 4.69) is 24.3 Å². The summed E-state index contributed by atoms with van der Waals surface area (Å²) in [6.45, 7) is 0. The van der Waals surface area contributed by atoms with E-state index >= 15 is 0 Å². The number of hydrogen-bond acceptors (Lipinski definition) is 3. The molecule has 0 nitrogen and oxygen atoms in total. The molecule has 2 aromatic carbocycles. The minimum Gasteiger partial charge on any atom is -0.207 e. The highest BCUT2D eigenvalue weighted by Gasteiger charge is 1.95. The maximum Gasteiger partial charge on any atom is 0.123 e. The summed E-state index contributed by atoms with van der Waals surface area (Å²) in [5, 5.41) is 0. The average molecular weight is 322 g/mol. The van der Waals surface area contributed by atoms with Crippen LogP contribution in [0.4, 0.5) is 4.39 Å². The summed E-state index contributed by atoms with van der Waals surface area (Å²) in [5.74, 6) is 1.71. The Morgan fingerprint density at radius 3 is 2.40 bits per heavy atom. The third kappa shape index (κ3) is 6.07. The Morgan fingerprint density at radius 1 is 0.900 bits per heavy atom. The van der Waals surface area contributed by atoms with Gasteiger partial charge in [0.2, 0.25) is 0 Å². The van der Waals surface area contributed by atoms with Gasteiger partial charge in [0.05, 0.1) is 0 Å². The van der Waals surface area contributed by atoms with E-state index in [0.717, 1.165) is 17.1 Å². The Morgan fingerprint density at radius 2 is 1.65 bits per heavy atom. The van der Waals surface area contributed by atoms with Gasteiger partial charge in [0.1, 0.15) is 5.82 Å². The van der Waals surface area contributed by atoms with Crippen molar-refractivity contribution in [2.75, 3.05) is 5.75 Å². The van der Waals surface area contributed by atoms with Crippen LogP contribution in [0.15, 0.2) is 60.7 Å². The average Bonchev–Trinajstić information content (AvgIpc) is 2.49. The maximum atomic E-state index is 12.7. The van der Waals surface area contributed by atoms with Crippen molar-refractivity contribution >= 4 is 37.5 Å². The third-order valence-electron chi connectivity index (χ3n) is 2.51. The fraction of sp³-hybridized carbons (Fsp3) is 0.125. The van der Waals surface area contributed by atoms with Gasteiger partial charge in [0, 0.05) is 11.5 Å². The van der Waals surface area contributed by atoms with Crippen molar-refractivity contribution in [1.29, 1.82) is 0 Å². The first-order valence-electron chi connectivity index (χ1n) is 6.22. The Balaban J connectivity index is 1.58. The van der Waals surface area contributed by atoms with Crippen LogP contribution in [0.1, 0.15) is 11.1 Å². The lowest BCUT2D eigenvalue weighted by Crippen LogP contribution is -1.78. The molecule has 0 heterocycles.